The van der Waals surface area contributed by atoms with E-state index in [2.05, 4.69) is 32.9 Å². The normalized spacial score (nSPS) is 63.8. The van der Waals surface area contributed by atoms with Crippen LogP contribution in [0.5, 0.6) is 0 Å². The van der Waals surface area contributed by atoms with Gasteiger partial charge in [-0.3, -0.25) is 0 Å². The zero-order chi connectivity index (χ0) is 11.8. The molecule has 2 aliphatic heterocycles. The number of hydrogen-bond donors (Lipinski definition) is 0. The lowest BCUT2D eigenvalue weighted by atomic mass is 9.47. The van der Waals surface area contributed by atoms with Crippen LogP contribution in [0.15, 0.2) is 12.2 Å². The molecule has 0 aromatic rings. The predicted molar refractivity (Wildman–Crippen MR) is 65.4 cm³/mol. The minimum absolute atomic E-state index is 0.0283. The van der Waals surface area contributed by atoms with Gasteiger partial charge in [0.2, 0.25) is 0 Å². The van der Waals surface area contributed by atoms with Crippen LogP contribution in [0, 0.1) is 23.2 Å². The van der Waals surface area contributed by atoms with Crippen molar-refractivity contribution < 1.29 is 9.47 Å². The first kappa shape index (κ1) is 10.6. The van der Waals surface area contributed by atoms with Crippen LogP contribution in [0.25, 0.3) is 0 Å². The van der Waals surface area contributed by atoms with E-state index in [-0.39, 0.29) is 17.3 Å². The fraction of sp³-hybridized carbons (Fsp3) is 0.867. The molecule has 2 heteroatoms. The topological polar surface area (TPSA) is 18.5 Å². The molecule has 0 unspecified atom stereocenters. The average Bonchev–Trinajstić information content (AvgIpc) is 2.47. The molecule has 3 fully saturated rings. The molecule has 7 atom stereocenters. The van der Waals surface area contributed by atoms with Crippen molar-refractivity contribution in [3.8, 4) is 0 Å². The fourth-order valence-corrected chi connectivity index (χ4v) is 5.26. The van der Waals surface area contributed by atoms with Crippen molar-refractivity contribution in [3.05, 3.63) is 12.2 Å². The first-order valence-electron chi connectivity index (χ1n) is 7.09. The second kappa shape index (κ2) is 2.97. The Hall–Kier alpha value is -0.340. The number of hydrogen-bond acceptors (Lipinski definition) is 2. The second-order valence-corrected chi connectivity index (χ2v) is 6.80. The smallest absolute Gasteiger partial charge is 0.162 e. The van der Waals surface area contributed by atoms with Crippen molar-refractivity contribution >= 4 is 0 Å². The van der Waals surface area contributed by atoms with E-state index in [1.165, 1.54) is 12.8 Å². The third kappa shape index (κ3) is 0.978. The summed E-state index contributed by atoms with van der Waals surface area (Å²) in [5.74, 6) is 1.95. The highest BCUT2D eigenvalue weighted by atomic mass is 16.7. The molecular weight excluding hydrogens is 212 g/mol. The Labute approximate surface area is 103 Å². The lowest BCUT2D eigenvalue weighted by Gasteiger charge is -2.62. The van der Waals surface area contributed by atoms with E-state index in [1.54, 1.807) is 0 Å². The third-order valence-electron chi connectivity index (χ3n) is 6.34. The summed E-state index contributed by atoms with van der Waals surface area (Å²) in [4.78, 5) is 0. The summed E-state index contributed by atoms with van der Waals surface area (Å²) in [5.41, 5.74) is 0.247. The molecule has 2 aliphatic carbocycles. The van der Waals surface area contributed by atoms with Gasteiger partial charge >= 0.3 is 0 Å². The molecule has 0 aromatic carbocycles. The van der Waals surface area contributed by atoms with Gasteiger partial charge < -0.3 is 9.47 Å². The van der Waals surface area contributed by atoms with Gasteiger partial charge in [0, 0.05) is 17.3 Å². The van der Waals surface area contributed by atoms with Crippen LogP contribution in [-0.2, 0) is 9.47 Å². The standard InChI is InChI=1S/C15H22O2/c1-9-5-4-7-15-8-6-11-12(14(9,15)3)10(2)13(16-11)17-15/h4,7,9-13H,5-6,8H2,1-3H3/t9-,10-,11-,12+,13+,14-,15+/m0/s1. The van der Waals surface area contributed by atoms with Crippen LogP contribution >= 0.6 is 0 Å². The van der Waals surface area contributed by atoms with E-state index in [0.29, 0.717) is 23.9 Å². The monoisotopic (exact) mass is 234 g/mol. The SMILES string of the molecule is C[C@@H]1[C@@H]2O[C@H]3CC[C@@]4(C=CC[C@H](C)[C@@]4(C)[C@H]13)O2. The highest BCUT2D eigenvalue weighted by Crippen LogP contribution is 2.67. The first-order chi connectivity index (χ1) is 8.08. The summed E-state index contributed by atoms with van der Waals surface area (Å²) in [6.45, 7) is 7.18. The van der Waals surface area contributed by atoms with Crippen molar-refractivity contribution in [2.75, 3.05) is 0 Å². The van der Waals surface area contributed by atoms with Crippen LogP contribution in [0.4, 0.5) is 0 Å². The molecule has 2 heterocycles. The van der Waals surface area contributed by atoms with E-state index in [1.807, 2.05) is 0 Å². The molecule has 0 aromatic heterocycles. The molecule has 0 amide bonds. The highest BCUT2D eigenvalue weighted by Gasteiger charge is 2.70. The molecule has 3 bridgehead atoms. The van der Waals surface area contributed by atoms with Gasteiger partial charge in [-0.05, 0) is 25.2 Å². The van der Waals surface area contributed by atoms with Crippen LogP contribution < -0.4 is 0 Å². The van der Waals surface area contributed by atoms with Gasteiger partial charge in [-0.1, -0.05) is 32.9 Å². The highest BCUT2D eigenvalue weighted by molar-refractivity contribution is 5.25. The Morgan fingerprint density at radius 1 is 1.29 bits per heavy atom. The summed E-state index contributed by atoms with van der Waals surface area (Å²) in [6, 6.07) is 0. The van der Waals surface area contributed by atoms with Gasteiger partial charge in [-0.2, -0.15) is 0 Å². The fourth-order valence-electron chi connectivity index (χ4n) is 5.26. The van der Waals surface area contributed by atoms with Crippen LogP contribution in [0.1, 0.15) is 40.0 Å². The van der Waals surface area contributed by atoms with E-state index in [0.717, 1.165) is 6.42 Å². The lowest BCUT2D eigenvalue weighted by Crippen LogP contribution is -2.65. The Morgan fingerprint density at radius 2 is 2.12 bits per heavy atom. The van der Waals surface area contributed by atoms with Crippen molar-refractivity contribution in [1.29, 1.82) is 0 Å². The first-order valence-corrected chi connectivity index (χ1v) is 7.09. The zero-order valence-corrected chi connectivity index (χ0v) is 11.0. The molecule has 4 rings (SSSR count). The minimum Gasteiger partial charge on any atom is -0.349 e. The van der Waals surface area contributed by atoms with Gasteiger partial charge in [0.15, 0.2) is 6.29 Å². The van der Waals surface area contributed by atoms with Gasteiger partial charge in [-0.15, -0.1) is 0 Å². The van der Waals surface area contributed by atoms with Gasteiger partial charge in [0.1, 0.15) is 0 Å². The molecular formula is C15H22O2. The summed E-state index contributed by atoms with van der Waals surface area (Å²) in [5, 5.41) is 0. The largest absolute Gasteiger partial charge is 0.349 e. The van der Waals surface area contributed by atoms with Gasteiger partial charge in [-0.25, -0.2) is 0 Å². The van der Waals surface area contributed by atoms with E-state index in [9.17, 15) is 0 Å². The van der Waals surface area contributed by atoms with E-state index in [4.69, 9.17) is 9.47 Å². The molecule has 2 saturated heterocycles. The minimum atomic E-state index is -0.0283. The molecule has 0 N–H and O–H groups in total. The molecule has 1 saturated carbocycles. The third-order valence-corrected chi connectivity index (χ3v) is 6.34. The summed E-state index contributed by atoms with van der Waals surface area (Å²) in [7, 11) is 0. The van der Waals surface area contributed by atoms with Crippen molar-refractivity contribution in [2.24, 2.45) is 23.2 Å². The molecule has 94 valence electrons. The molecule has 0 spiro atoms. The number of fused-ring (bicyclic) bond motifs is 1. The molecule has 4 aliphatic rings. The van der Waals surface area contributed by atoms with Gasteiger partial charge in [0.25, 0.3) is 0 Å². The van der Waals surface area contributed by atoms with Crippen molar-refractivity contribution in [3.63, 3.8) is 0 Å². The van der Waals surface area contributed by atoms with Crippen LogP contribution in [-0.4, -0.2) is 18.0 Å². The van der Waals surface area contributed by atoms with Crippen molar-refractivity contribution in [2.45, 2.75) is 58.0 Å². The second-order valence-electron chi connectivity index (χ2n) is 6.80. The predicted octanol–water partition coefficient (Wildman–Crippen LogP) is 3.13. The van der Waals surface area contributed by atoms with Crippen molar-refractivity contribution in [1.82, 2.24) is 0 Å². The van der Waals surface area contributed by atoms with Crippen LogP contribution in [0.3, 0.4) is 0 Å². The lowest BCUT2D eigenvalue weighted by molar-refractivity contribution is -0.258. The van der Waals surface area contributed by atoms with Gasteiger partial charge in [0.05, 0.1) is 11.7 Å². The summed E-state index contributed by atoms with van der Waals surface area (Å²) >= 11 is 0. The maximum Gasteiger partial charge on any atom is 0.162 e. The Bertz CT molecular complexity index is 390. The molecule has 0 radical (unpaired) electrons. The summed E-state index contributed by atoms with van der Waals surface area (Å²) < 4.78 is 12.6. The number of rotatable bonds is 0. The Morgan fingerprint density at radius 3 is 2.94 bits per heavy atom. The van der Waals surface area contributed by atoms with E-state index >= 15 is 0 Å². The quantitative estimate of drug-likeness (QED) is 0.599. The van der Waals surface area contributed by atoms with Crippen LogP contribution in [0.2, 0.25) is 0 Å². The maximum atomic E-state index is 6.44. The number of allylic oxidation sites excluding steroid dienone is 1. The van der Waals surface area contributed by atoms with E-state index < -0.39 is 0 Å². The Balaban J connectivity index is 1.92. The Kier molecular flexibility index (Phi) is 1.85. The number of ether oxygens (including phenoxy) is 2. The molecule has 2 nitrogen and oxygen atoms in total. The average molecular weight is 234 g/mol. The zero-order valence-electron chi connectivity index (χ0n) is 11.0. The summed E-state index contributed by atoms with van der Waals surface area (Å²) in [6.07, 6.45) is 8.72. The maximum absolute atomic E-state index is 6.44. The molecule has 17 heavy (non-hydrogen) atoms.